The number of ether oxygens (including phenoxy) is 2. The number of H-pyrrole nitrogens is 1. The van der Waals surface area contributed by atoms with Crippen molar-refractivity contribution in [3.8, 4) is 6.07 Å². The number of anilines is 1. The maximum atomic E-state index is 12.5. The van der Waals surface area contributed by atoms with Crippen LogP contribution >= 0.6 is 0 Å². The Balaban J connectivity index is 2.11. The van der Waals surface area contributed by atoms with Crippen LogP contribution in [0.3, 0.4) is 0 Å². The van der Waals surface area contributed by atoms with Gasteiger partial charge in [-0.05, 0) is 45.4 Å². The van der Waals surface area contributed by atoms with E-state index < -0.39 is 24.5 Å². The van der Waals surface area contributed by atoms with Gasteiger partial charge in [-0.1, -0.05) is 18.2 Å². The molecular weight excluding hydrogens is 374 g/mol. The van der Waals surface area contributed by atoms with E-state index in [1.54, 1.807) is 58.0 Å². The predicted octanol–water partition coefficient (Wildman–Crippen LogP) is 2.91. The molecule has 0 atom stereocenters. The number of aromatic amines is 1. The Hall–Kier alpha value is -3.60. The molecule has 0 aliphatic heterocycles. The van der Waals surface area contributed by atoms with Gasteiger partial charge in [0.25, 0.3) is 5.91 Å². The molecule has 0 bridgehead atoms. The van der Waals surface area contributed by atoms with Gasteiger partial charge in [-0.25, -0.2) is 9.59 Å². The largest absolute Gasteiger partial charge is 0.459 e. The summed E-state index contributed by atoms with van der Waals surface area (Å²) in [6.07, 6.45) is -0.298. The summed E-state index contributed by atoms with van der Waals surface area (Å²) in [6, 6.07) is 10.6. The Bertz CT molecular complexity index is 941. The first-order valence-electron chi connectivity index (χ1n) is 9.05. The van der Waals surface area contributed by atoms with Crippen LogP contribution in [0, 0.1) is 25.2 Å². The summed E-state index contributed by atoms with van der Waals surface area (Å²) >= 11 is 0. The number of nitriles is 1. The SMILES string of the molecule is Cc1[nH]c(C(=O)OCC(=O)N(CC#N)c2ccccc2)c(C)c1C(=O)OC(C)C. The Labute approximate surface area is 169 Å². The summed E-state index contributed by atoms with van der Waals surface area (Å²) in [5.74, 6) is -1.84. The lowest BCUT2D eigenvalue weighted by atomic mass is 10.1. The zero-order valence-electron chi connectivity index (χ0n) is 16.8. The Kier molecular flexibility index (Phi) is 7.15. The van der Waals surface area contributed by atoms with Crippen molar-refractivity contribution in [2.75, 3.05) is 18.1 Å². The second-order valence-electron chi connectivity index (χ2n) is 6.63. The molecule has 8 nitrogen and oxygen atoms in total. The second kappa shape index (κ2) is 9.55. The first-order chi connectivity index (χ1) is 13.8. The van der Waals surface area contributed by atoms with Gasteiger partial charge in [0, 0.05) is 11.4 Å². The minimum Gasteiger partial charge on any atom is -0.459 e. The van der Waals surface area contributed by atoms with E-state index in [1.807, 2.05) is 6.07 Å². The van der Waals surface area contributed by atoms with Crippen LogP contribution in [0.15, 0.2) is 30.3 Å². The minimum atomic E-state index is -0.771. The number of rotatable bonds is 7. The van der Waals surface area contributed by atoms with Crippen LogP contribution in [0.1, 0.15) is 46.0 Å². The lowest BCUT2D eigenvalue weighted by Gasteiger charge is -2.19. The standard InChI is InChI=1S/C21H23N3O5/c1-13(2)29-20(26)18-14(3)19(23-15(18)4)21(27)28-12-17(25)24(11-10-22)16-8-6-5-7-9-16/h5-9,13,23H,11-12H2,1-4H3. The highest BCUT2D eigenvalue weighted by atomic mass is 16.5. The van der Waals surface area contributed by atoms with Gasteiger partial charge in [-0.15, -0.1) is 0 Å². The van der Waals surface area contributed by atoms with Crippen molar-refractivity contribution in [3.05, 3.63) is 52.8 Å². The summed E-state index contributed by atoms with van der Waals surface area (Å²) in [7, 11) is 0. The number of nitrogens with one attached hydrogen (secondary N) is 1. The highest BCUT2D eigenvalue weighted by Crippen LogP contribution is 2.20. The highest BCUT2D eigenvalue weighted by Gasteiger charge is 2.25. The molecule has 152 valence electrons. The zero-order valence-corrected chi connectivity index (χ0v) is 16.8. The number of hydrogen-bond donors (Lipinski definition) is 1. The maximum Gasteiger partial charge on any atom is 0.355 e. The molecule has 0 saturated heterocycles. The topological polar surface area (TPSA) is 112 Å². The van der Waals surface area contributed by atoms with Gasteiger partial charge in [-0.2, -0.15) is 5.26 Å². The third kappa shape index (κ3) is 5.23. The molecule has 1 aromatic heterocycles. The lowest BCUT2D eigenvalue weighted by molar-refractivity contribution is -0.121. The van der Waals surface area contributed by atoms with Crippen LogP contribution in [0.4, 0.5) is 5.69 Å². The number of carbonyl (C=O) groups is 3. The molecule has 2 aromatic rings. The van der Waals surface area contributed by atoms with Gasteiger partial charge in [0.15, 0.2) is 6.61 Å². The lowest BCUT2D eigenvalue weighted by Crippen LogP contribution is -2.35. The Morgan fingerprint density at radius 2 is 1.79 bits per heavy atom. The smallest absolute Gasteiger partial charge is 0.355 e. The van der Waals surface area contributed by atoms with E-state index in [1.165, 1.54) is 4.90 Å². The summed E-state index contributed by atoms with van der Waals surface area (Å²) in [6.45, 7) is 6.00. The summed E-state index contributed by atoms with van der Waals surface area (Å²) in [4.78, 5) is 41.2. The maximum absolute atomic E-state index is 12.5. The van der Waals surface area contributed by atoms with E-state index in [-0.39, 0.29) is 23.9 Å². The molecule has 0 spiro atoms. The van der Waals surface area contributed by atoms with Gasteiger partial charge in [-0.3, -0.25) is 9.69 Å². The van der Waals surface area contributed by atoms with Gasteiger partial charge in [0.2, 0.25) is 0 Å². The highest BCUT2D eigenvalue weighted by molar-refractivity contribution is 6.00. The van der Waals surface area contributed by atoms with E-state index in [4.69, 9.17) is 14.7 Å². The predicted molar refractivity (Wildman–Crippen MR) is 106 cm³/mol. The average molecular weight is 397 g/mol. The van der Waals surface area contributed by atoms with E-state index in [9.17, 15) is 14.4 Å². The van der Waals surface area contributed by atoms with Gasteiger partial charge < -0.3 is 14.5 Å². The van der Waals surface area contributed by atoms with E-state index >= 15 is 0 Å². The van der Waals surface area contributed by atoms with Crippen molar-refractivity contribution in [2.45, 2.75) is 33.8 Å². The third-order valence-corrected chi connectivity index (χ3v) is 4.11. The molecule has 2 rings (SSSR count). The molecular formula is C21H23N3O5. The van der Waals surface area contributed by atoms with Crippen LogP contribution in [0.5, 0.6) is 0 Å². The van der Waals surface area contributed by atoms with Crippen molar-refractivity contribution < 1.29 is 23.9 Å². The number of nitrogens with zero attached hydrogens (tertiary/aromatic N) is 2. The number of para-hydroxylation sites is 1. The van der Waals surface area contributed by atoms with Gasteiger partial charge in [0.1, 0.15) is 12.2 Å². The molecule has 29 heavy (non-hydrogen) atoms. The van der Waals surface area contributed by atoms with Crippen LogP contribution in [0.25, 0.3) is 0 Å². The number of aromatic nitrogens is 1. The fourth-order valence-electron chi connectivity index (χ4n) is 2.81. The molecule has 8 heteroatoms. The number of carbonyl (C=O) groups excluding carboxylic acids is 3. The van der Waals surface area contributed by atoms with Gasteiger partial charge in [0.05, 0.1) is 17.7 Å². The third-order valence-electron chi connectivity index (χ3n) is 4.11. The van der Waals surface area contributed by atoms with Crippen molar-refractivity contribution in [2.24, 2.45) is 0 Å². The minimum absolute atomic E-state index is 0.0811. The van der Waals surface area contributed by atoms with Crippen LogP contribution in [0.2, 0.25) is 0 Å². The molecule has 0 aliphatic carbocycles. The molecule has 0 aliphatic rings. The van der Waals surface area contributed by atoms with Crippen molar-refractivity contribution in [3.63, 3.8) is 0 Å². The zero-order chi connectivity index (χ0) is 21.6. The summed E-state index contributed by atoms with van der Waals surface area (Å²) in [5, 5.41) is 8.99. The average Bonchev–Trinajstić information content (AvgIpc) is 2.98. The number of benzene rings is 1. The van der Waals surface area contributed by atoms with Crippen LogP contribution in [-0.4, -0.2) is 42.1 Å². The fourth-order valence-corrected chi connectivity index (χ4v) is 2.81. The molecule has 0 radical (unpaired) electrons. The fraction of sp³-hybridized carbons (Fsp3) is 0.333. The molecule has 0 unspecified atom stereocenters. The molecule has 1 aromatic carbocycles. The van der Waals surface area contributed by atoms with E-state index in [0.717, 1.165) is 0 Å². The normalized spacial score (nSPS) is 10.3. The second-order valence-corrected chi connectivity index (χ2v) is 6.63. The molecule has 1 amide bonds. The van der Waals surface area contributed by atoms with Crippen LogP contribution < -0.4 is 4.90 Å². The molecule has 1 heterocycles. The number of esters is 2. The van der Waals surface area contributed by atoms with Crippen molar-refractivity contribution >= 4 is 23.5 Å². The molecule has 1 N–H and O–H groups in total. The number of hydrogen-bond acceptors (Lipinski definition) is 6. The first kappa shape index (κ1) is 21.7. The summed E-state index contributed by atoms with van der Waals surface area (Å²) < 4.78 is 10.3. The van der Waals surface area contributed by atoms with Crippen LogP contribution in [-0.2, 0) is 14.3 Å². The molecule has 0 fully saturated rings. The monoisotopic (exact) mass is 397 g/mol. The van der Waals surface area contributed by atoms with Crippen molar-refractivity contribution in [1.82, 2.24) is 4.98 Å². The Morgan fingerprint density at radius 3 is 2.38 bits per heavy atom. The number of aryl methyl sites for hydroxylation is 1. The van der Waals surface area contributed by atoms with Gasteiger partial charge >= 0.3 is 11.9 Å². The van der Waals surface area contributed by atoms with E-state index in [2.05, 4.69) is 4.98 Å². The Morgan fingerprint density at radius 1 is 1.14 bits per heavy atom. The van der Waals surface area contributed by atoms with E-state index in [0.29, 0.717) is 16.9 Å². The van der Waals surface area contributed by atoms with Crippen molar-refractivity contribution in [1.29, 1.82) is 5.26 Å². The molecule has 0 saturated carbocycles. The summed E-state index contributed by atoms with van der Waals surface area (Å²) in [5.41, 5.74) is 1.75. The quantitative estimate of drug-likeness (QED) is 0.568. The first-order valence-corrected chi connectivity index (χ1v) is 9.05. The number of amides is 1.